The van der Waals surface area contributed by atoms with E-state index in [1.165, 1.54) is 6.07 Å². The summed E-state index contributed by atoms with van der Waals surface area (Å²) in [5.41, 5.74) is 0.237. The molecule has 0 unspecified atom stereocenters. The first-order valence-electron chi connectivity index (χ1n) is 7.31. The van der Waals surface area contributed by atoms with Gasteiger partial charge in [0.15, 0.2) is 0 Å². The standard InChI is InChI=1S/C16H17FN4O/c17-13-4-1-2-5-14(13)20-15(22)12-6-10-21(11-7-12)16-18-8-3-9-19-16/h1-5,8-9,12H,6-7,10-11H2,(H,20,22). The van der Waals surface area contributed by atoms with Crippen molar-refractivity contribution in [3.8, 4) is 0 Å². The van der Waals surface area contributed by atoms with E-state index in [-0.39, 0.29) is 17.5 Å². The van der Waals surface area contributed by atoms with Crippen molar-refractivity contribution in [1.82, 2.24) is 9.97 Å². The lowest BCUT2D eigenvalue weighted by Gasteiger charge is -2.31. The van der Waals surface area contributed by atoms with Crippen LogP contribution in [0.3, 0.4) is 0 Å². The highest BCUT2D eigenvalue weighted by atomic mass is 19.1. The first-order valence-corrected chi connectivity index (χ1v) is 7.31. The lowest BCUT2D eigenvalue weighted by atomic mass is 9.96. The van der Waals surface area contributed by atoms with Crippen molar-refractivity contribution >= 4 is 17.5 Å². The molecule has 2 heterocycles. The number of halogens is 1. The summed E-state index contributed by atoms with van der Waals surface area (Å²) in [5.74, 6) is 0.0414. The number of piperidine rings is 1. The van der Waals surface area contributed by atoms with Gasteiger partial charge in [-0.15, -0.1) is 0 Å². The fourth-order valence-electron chi connectivity index (χ4n) is 2.59. The van der Waals surface area contributed by atoms with Crippen molar-refractivity contribution in [2.24, 2.45) is 5.92 Å². The third-order valence-electron chi connectivity index (χ3n) is 3.83. The first kappa shape index (κ1) is 14.4. The van der Waals surface area contributed by atoms with E-state index < -0.39 is 5.82 Å². The minimum Gasteiger partial charge on any atom is -0.341 e. The fraction of sp³-hybridized carbons (Fsp3) is 0.312. The van der Waals surface area contributed by atoms with Crippen LogP contribution >= 0.6 is 0 Å². The zero-order chi connectivity index (χ0) is 15.4. The number of nitrogens with one attached hydrogen (secondary N) is 1. The molecule has 1 saturated heterocycles. The van der Waals surface area contributed by atoms with Crippen molar-refractivity contribution in [3.05, 3.63) is 48.5 Å². The van der Waals surface area contributed by atoms with Crippen molar-refractivity contribution in [3.63, 3.8) is 0 Å². The number of carbonyl (C=O) groups excluding carboxylic acids is 1. The van der Waals surface area contributed by atoms with Crippen LogP contribution in [0.15, 0.2) is 42.7 Å². The molecule has 1 aliphatic rings. The normalized spacial score (nSPS) is 15.6. The molecular formula is C16H17FN4O. The summed E-state index contributed by atoms with van der Waals surface area (Å²) in [7, 11) is 0. The van der Waals surface area contributed by atoms with Gasteiger partial charge in [0.05, 0.1) is 5.69 Å². The van der Waals surface area contributed by atoms with E-state index in [1.54, 1.807) is 36.7 Å². The molecule has 0 aliphatic carbocycles. The van der Waals surface area contributed by atoms with Crippen molar-refractivity contribution in [2.75, 3.05) is 23.3 Å². The predicted octanol–water partition coefficient (Wildman–Crippen LogP) is 2.47. The largest absolute Gasteiger partial charge is 0.341 e. The zero-order valence-corrected chi connectivity index (χ0v) is 12.1. The van der Waals surface area contributed by atoms with Gasteiger partial charge in [-0.3, -0.25) is 4.79 Å². The summed E-state index contributed by atoms with van der Waals surface area (Å²) in [4.78, 5) is 22.7. The van der Waals surface area contributed by atoms with Gasteiger partial charge < -0.3 is 10.2 Å². The molecule has 1 fully saturated rings. The second-order valence-corrected chi connectivity index (χ2v) is 5.28. The Morgan fingerprint density at radius 3 is 2.50 bits per heavy atom. The highest BCUT2D eigenvalue weighted by Gasteiger charge is 2.26. The summed E-state index contributed by atoms with van der Waals surface area (Å²) >= 11 is 0. The Morgan fingerprint density at radius 2 is 1.82 bits per heavy atom. The SMILES string of the molecule is O=C(Nc1ccccc1F)C1CCN(c2ncccn2)CC1. The first-order chi connectivity index (χ1) is 10.7. The molecule has 22 heavy (non-hydrogen) atoms. The number of aromatic nitrogens is 2. The van der Waals surface area contributed by atoms with Gasteiger partial charge in [-0.05, 0) is 31.0 Å². The number of rotatable bonds is 3. The minimum absolute atomic E-state index is 0.112. The second-order valence-electron chi connectivity index (χ2n) is 5.28. The van der Waals surface area contributed by atoms with Crippen LogP contribution in [0.1, 0.15) is 12.8 Å². The molecule has 0 radical (unpaired) electrons. The van der Waals surface area contributed by atoms with Crippen molar-refractivity contribution < 1.29 is 9.18 Å². The smallest absolute Gasteiger partial charge is 0.227 e. The Balaban J connectivity index is 1.57. The van der Waals surface area contributed by atoms with Crippen LogP contribution in [0.5, 0.6) is 0 Å². The topological polar surface area (TPSA) is 58.1 Å². The maximum atomic E-state index is 13.6. The van der Waals surface area contributed by atoms with E-state index >= 15 is 0 Å². The van der Waals surface area contributed by atoms with E-state index in [0.29, 0.717) is 18.8 Å². The molecule has 0 saturated carbocycles. The molecule has 2 aromatic rings. The summed E-state index contributed by atoms with van der Waals surface area (Å²) < 4.78 is 13.6. The molecular weight excluding hydrogens is 283 g/mol. The van der Waals surface area contributed by atoms with Crippen LogP contribution in [0.25, 0.3) is 0 Å². The van der Waals surface area contributed by atoms with Gasteiger partial charge in [0.1, 0.15) is 5.82 Å². The van der Waals surface area contributed by atoms with Gasteiger partial charge in [-0.1, -0.05) is 12.1 Å². The number of nitrogens with zero attached hydrogens (tertiary/aromatic N) is 3. The highest BCUT2D eigenvalue weighted by molar-refractivity contribution is 5.92. The number of benzene rings is 1. The summed E-state index contributed by atoms with van der Waals surface area (Å²) in [6.07, 6.45) is 4.83. The van der Waals surface area contributed by atoms with E-state index in [1.807, 2.05) is 0 Å². The minimum atomic E-state index is -0.411. The Labute approximate surface area is 128 Å². The molecule has 0 spiro atoms. The van der Waals surface area contributed by atoms with Crippen LogP contribution in [0.2, 0.25) is 0 Å². The van der Waals surface area contributed by atoms with Gasteiger partial charge in [0, 0.05) is 31.4 Å². The van der Waals surface area contributed by atoms with Gasteiger partial charge in [0.2, 0.25) is 11.9 Å². The molecule has 0 bridgehead atoms. The third kappa shape index (κ3) is 3.21. The van der Waals surface area contributed by atoms with E-state index in [0.717, 1.165) is 13.1 Å². The van der Waals surface area contributed by atoms with E-state index in [4.69, 9.17) is 0 Å². The van der Waals surface area contributed by atoms with Gasteiger partial charge in [-0.25, -0.2) is 14.4 Å². The Bertz CT molecular complexity index is 642. The monoisotopic (exact) mass is 300 g/mol. The maximum absolute atomic E-state index is 13.6. The second kappa shape index (κ2) is 6.51. The quantitative estimate of drug-likeness (QED) is 0.946. The molecule has 3 rings (SSSR count). The molecule has 0 atom stereocenters. The van der Waals surface area contributed by atoms with Gasteiger partial charge >= 0.3 is 0 Å². The average Bonchev–Trinajstić information content (AvgIpc) is 2.58. The molecule has 1 N–H and O–H groups in total. The Morgan fingerprint density at radius 1 is 1.14 bits per heavy atom. The number of para-hydroxylation sites is 1. The molecule has 5 nitrogen and oxygen atoms in total. The van der Waals surface area contributed by atoms with Crippen LogP contribution in [0, 0.1) is 11.7 Å². The van der Waals surface area contributed by atoms with Gasteiger partial charge in [0.25, 0.3) is 0 Å². The zero-order valence-electron chi connectivity index (χ0n) is 12.1. The molecule has 1 amide bonds. The molecule has 1 aromatic heterocycles. The number of carbonyl (C=O) groups is 1. The Kier molecular flexibility index (Phi) is 4.27. The van der Waals surface area contributed by atoms with Crippen LogP contribution < -0.4 is 10.2 Å². The molecule has 6 heteroatoms. The highest BCUT2D eigenvalue weighted by Crippen LogP contribution is 2.22. The number of hydrogen-bond acceptors (Lipinski definition) is 4. The lowest BCUT2D eigenvalue weighted by molar-refractivity contribution is -0.120. The fourth-order valence-corrected chi connectivity index (χ4v) is 2.59. The van der Waals surface area contributed by atoms with Gasteiger partial charge in [-0.2, -0.15) is 0 Å². The molecule has 1 aliphatic heterocycles. The number of anilines is 2. The number of amides is 1. The predicted molar refractivity (Wildman–Crippen MR) is 82.0 cm³/mol. The van der Waals surface area contributed by atoms with Crippen LogP contribution in [0.4, 0.5) is 16.0 Å². The molecule has 1 aromatic carbocycles. The maximum Gasteiger partial charge on any atom is 0.227 e. The summed E-state index contributed by atoms with van der Waals surface area (Å²) in [6.45, 7) is 1.44. The molecule has 114 valence electrons. The van der Waals surface area contributed by atoms with Crippen LogP contribution in [-0.4, -0.2) is 29.0 Å². The van der Waals surface area contributed by atoms with E-state index in [9.17, 15) is 9.18 Å². The van der Waals surface area contributed by atoms with Crippen molar-refractivity contribution in [2.45, 2.75) is 12.8 Å². The van der Waals surface area contributed by atoms with E-state index in [2.05, 4.69) is 20.2 Å². The Hall–Kier alpha value is -2.50. The lowest BCUT2D eigenvalue weighted by Crippen LogP contribution is -2.39. The number of hydrogen-bond donors (Lipinski definition) is 1. The average molecular weight is 300 g/mol. The summed E-state index contributed by atoms with van der Waals surface area (Å²) in [6, 6.07) is 7.99. The third-order valence-corrected chi connectivity index (χ3v) is 3.83. The van der Waals surface area contributed by atoms with Crippen LogP contribution in [-0.2, 0) is 4.79 Å². The van der Waals surface area contributed by atoms with Crippen molar-refractivity contribution in [1.29, 1.82) is 0 Å². The summed E-state index contributed by atoms with van der Waals surface area (Å²) in [5, 5.41) is 2.67.